The number of ether oxygens (including phenoxy) is 2. The van der Waals surface area contributed by atoms with Gasteiger partial charge < -0.3 is 14.6 Å². The first-order valence-electron chi connectivity index (χ1n) is 12.8. The van der Waals surface area contributed by atoms with Crippen LogP contribution in [0.25, 0.3) is 0 Å². The molecule has 4 aliphatic rings. The number of carboxylic acid groups (broad SMARTS) is 1. The van der Waals surface area contributed by atoms with E-state index in [1.807, 2.05) is 0 Å². The fourth-order valence-corrected chi connectivity index (χ4v) is 6.13. The fraction of sp³-hybridized carbons (Fsp3) is 0.880. The zero-order chi connectivity index (χ0) is 21.5. The Balaban J connectivity index is 1.27. The lowest BCUT2D eigenvalue weighted by Crippen LogP contribution is -2.60. The minimum atomic E-state index is -0.880. The molecule has 2 aliphatic carbocycles. The summed E-state index contributed by atoms with van der Waals surface area (Å²) in [6.45, 7) is 3.10. The van der Waals surface area contributed by atoms with E-state index in [1.165, 1.54) is 64.5 Å². The SMILES string of the molecule is O=C(O)COC1CCC(OCC2CCC([C@@H]3CC=CCC3)NC2N2CCCCC2)CC1. The Bertz CT molecular complexity index is 584. The van der Waals surface area contributed by atoms with Crippen molar-refractivity contribution in [2.24, 2.45) is 11.8 Å². The van der Waals surface area contributed by atoms with E-state index in [0.717, 1.165) is 38.2 Å². The number of rotatable bonds is 8. The van der Waals surface area contributed by atoms with E-state index in [-0.39, 0.29) is 12.7 Å². The van der Waals surface area contributed by atoms with Crippen molar-refractivity contribution in [3.63, 3.8) is 0 Å². The highest BCUT2D eigenvalue weighted by atomic mass is 16.5. The molecule has 0 bridgehead atoms. The van der Waals surface area contributed by atoms with Crippen molar-refractivity contribution in [2.45, 2.75) is 101 Å². The van der Waals surface area contributed by atoms with Crippen molar-refractivity contribution in [1.82, 2.24) is 10.2 Å². The summed E-state index contributed by atoms with van der Waals surface area (Å²) in [7, 11) is 0. The molecule has 6 heteroatoms. The van der Waals surface area contributed by atoms with Gasteiger partial charge in [0.05, 0.1) is 25.0 Å². The number of nitrogens with one attached hydrogen (secondary N) is 1. The number of allylic oxidation sites excluding steroid dienone is 2. The molecule has 0 aromatic rings. The molecular formula is C25H42N2O4. The van der Waals surface area contributed by atoms with E-state index in [9.17, 15) is 4.79 Å². The Hall–Kier alpha value is -0.950. The molecule has 3 fully saturated rings. The average Bonchev–Trinajstić information content (AvgIpc) is 2.83. The van der Waals surface area contributed by atoms with Gasteiger partial charge in [-0.05, 0) is 89.6 Å². The number of carboxylic acids is 1. The fourth-order valence-electron chi connectivity index (χ4n) is 6.13. The summed E-state index contributed by atoms with van der Waals surface area (Å²) < 4.78 is 11.9. The summed E-state index contributed by atoms with van der Waals surface area (Å²) in [6.07, 6.45) is 19.7. The monoisotopic (exact) mass is 434 g/mol. The average molecular weight is 435 g/mol. The normalized spacial score (nSPS) is 37.5. The maximum absolute atomic E-state index is 10.7. The highest BCUT2D eigenvalue weighted by Crippen LogP contribution is 2.33. The zero-order valence-corrected chi connectivity index (χ0v) is 19.1. The van der Waals surface area contributed by atoms with Crippen LogP contribution in [0.3, 0.4) is 0 Å². The van der Waals surface area contributed by atoms with Gasteiger partial charge in [0.2, 0.25) is 0 Å². The molecule has 4 atom stereocenters. The molecule has 2 N–H and O–H groups in total. The van der Waals surface area contributed by atoms with Gasteiger partial charge in [-0.1, -0.05) is 18.6 Å². The highest BCUT2D eigenvalue weighted by molar-refractivity contribution is 5.68. The Labute approximate surface area is 187 Å². The lowest BCUT2D eigenvalue weighted by molar-refractivity contribution is -0.145. The minimum absolute atomic E-state index is 0.0821. The van der Waals surface area contributed by atoms with Gasteiger partial charge in [-0.15, -0.1) is 0 Å². The second kappa shape index (κ2) is 11.8. The third kappa shape index (κ3) is 6.77. The second-order valence-corrected chi connectivity index (χ2v) is 10.1. The van der Waals surface area contributed by atoms with Gasteiger partial charge in [0.25, 0.3) is 0 Å². The third-order valence-corrected chi connectivity index (χ3v) is 7.95. The maximum Gasteiger partial charge on any atom is 0.329 e. The quantitative estimate of drug-likeness (QED) is 0.564. The summed E-state index contributed by atoms with van der Waals surface area (Å²) >= 11 is 0. The van der Waals surface area contributed by atoms with Gasteiger partial charge in [-0.3, -0.25) is 10.2 Å². The molecule has 0 amide bonds. The van der Waals surface area contributed by atoms with Gasteiger partial charge in [0, 0.05) is 12.0 Å². The number of aliphatic carboxylic acids is 1. The molecule has 0 aromatic carbocycles. The van der Waals surface area contributed by atoms with Gasteiger partial charge in [0.15, 0.2) is 0 Å². The van der Waals surface area contributed by atoms with E-state index in [1.54, 1.807) is 0 Å². The minimum Gasteiger partial charge on any atom is -0.480 e. The van der Waals surface area contributed by atoms with Crippen LogP contribution >= 0.6 is 0 Å². The first kappa shape index (κ1) is 23.2. The molecular weight excluding hydrogens is 392 g/mol. The van der Waals surface area contributed by atoms with Gasteiger partial charge in [0.1, 0.15) is 6.61 Å². The predicted octanol–water partition coefficient (Wildman–Crippen LogP) is 3.95. The van der Waals surface area contributed by atoms with Crippen molar-refractivity contribution < 1.29 is 19.4 Å². The third-order valence-electron chi connectivity index (χ3n) is 7.95. The van der Waals surface area contributed by atoms with Crippen molar-refractivity contribution in [3.05, 3.63) is 12.2 Å². The summed E-state index contributed by atoms with van der Waals surface area (Å²) in [5, 5.41) is 12.9. The number of hydrogen-bond donors (Lipinski definition) is 2. The van der Waals surface area contributed by atoms with Crippen LogP contribution in [-0.2, 0) is 14.3 Å². The summed E-state index contributed by atoms with van der Waals surface area (Å²) in [5.41, 5.74) is 0. The maximum atomic E-state index is 10.7. The molecule has 2 heterocycles. The zero-order valence-electron chi connectivity index (χ0n) is 19.1. The standard InChI is InChI=1S/C25H42N2O4/c28-24(29)18-31-22-12-10-21(11-13-22)30-17-20-9-14-23(19-7-3-1-4-8-19)26-25(20)27-15-5-2-6-16-27/h1,3,19-23,25-26H,2,4-18H2,(H,28,29)/t19-,20?,21?,22?,23?,25?/m1/s1. The lowest BCUT2D eigenvalue weighted by atomic mass is 9.80. The summed E-state index contributed by atoms with van der Waals surface area (Å²) in [5.74, 6) is 0.476. The van der Waals surface area contributed by atoms with E-state index >= 15 is 0 Å². The van der Waals surface area contributed by atoms with Crippen LogP contribution in [-0.4, -0.2) is 66.7 Å². The van der Waals surface area contributed by atoms with E-state index in [2.05, 4.69) is 22.4 Å². The van der Waals surface area contributed by atoms with Crippen molar-refractivity contribution in [3.8, 4) is 0 Å². The van der Waals surface area contributed by atoms with Crippen LogP contribution in [0.15, 0.2) is 12.2 Å². The molecule has 1 saturated carbocycles. The predicted molar refractivity (Wildman–Crippen MR) is 121 cm³/mol. The van der Waals surface area contributed by atoms with Crippen LogP contribution in [0, 0.1) is 11.8 Å². The van der Waals surface area contributed by atoms with E-state index in [4.69, 9.17) is 14.6 Å². The van der Waals surface area contributed by atoms with Crippen LogP contribution in [0.2, 0.25) is 0 Å². The molecule has 3 unspecified atom stereocenters. The summed E-state index contributed by atoms with van der Waals surface area (Å²) in [4.78, 5) is 13.4. The molecule has 2 aliphatic heterocycles. The molecule has 31 heavy (non-hydrogen) atoms. The van der Waals surface area contributed by atoms with Crippen LogP contribution in [0.4, 0.5) is 0 Å². The first-order chi connectivity index (χ1) is 15.2. The van der Waals surface area contributed by atoms with Gasteiger partial charge >= 0.3 is 5.97 Å². The number of carbonyl (C=O) groups is 1. The Morgan fingerprint density at radius 1 is 0.935 bits per heavy atom. The number of nitrogens with zero attached hydrogens (tertiary/aromatic N) is 1. The molecule has 0 spiro atoms. The molecule has 0 radical (unpaired) electrons. The Morgan fingerprint density at radius 3 is 2.35 bits per heavy atom. The summed E-state index contributed by atoms with van der Waals surface area (Å²) in [6, 6.07) is 0.648. The number of piperidine rings is 2. The molecule has 4 rings (SSSR count). The number of hydrogen-bond acceptors (Lipinski definition) is 5. The van der Waals surface area contributed by atoms with Crippen molar-refractivity contribution >= 4 is 5.97 Å². The molecule has 6 nitrogen and oxygen atoms in total. The second-order valence-electron chi connectivity index (χ2n) is 10.1. The molecule has 2 saturated heterocycles. The van der Waals surface area contributed by atoms with Crippen LogP contribution in [0.1, 0.15) is 77.0 Å². The smallest absolute Gasteiger partial charge is 0.329 e. The lowest BCUT2D eigenvalue weighted by Gasteiger charge is -2.47. The van der Waals surface area contributed by atoms with Crippen molar-refractivity contribution in [2.75, 3.05) is 26.3 Å². The molecule has 176 valence electrons. The van der Waals surface area contributed by atoms with Gasteiger partial charge in [-0.2, -0.15) is 0 Å². The van der Waals surface area contributed by atoms with E-state index < -0.39 is 5.97 Å². The molecule has 0 aromatic heterocycles. The van der Waals surface area contributed by atoms with Gasteiger partial charge in [-0.25, -0.2) is 4.79 Å². The van der Waals surface area contributed by atoms with Crippen molar-refractivity contribution in [1.29, 1.82) is 0 Å². The Morgan fingerprint density at radius 2 is 1.68 bits per heavy atom. The largest absolute Gasteiger partial charge is 0.480 e. The number of likely N-dealkylation sites (tertiary alicyclic amines) is 1. The van der Waals surface area contributed by atoms with Crippen LogP contribution in [0.5, 0.6) is 0 Å². The van der Waals surface area contributed by atoms with Crippen LogP contribution < -0.4 is 5.32 Å². The van der Waals surface area contributed by atoms with E-state index in [0.29, 0.717) is 24.2 Å². The Kier molecular flexibility index (Phi) is 8.82. The topological polar surface area (TPSA) is 71.0 Å². The highest BCUT2D eigenvalue weighted by Gasteiger charge is 2.37. The first-order valence-corrected chi connectivity index (χ1v) is 12.8.